The Morgan fingerprint density at radius 1 is 1.23 bits per heavy atom. The van der Waals surface area contributed by atoms with Crippen LogP contribution in [0, 0.1) is 18.3 Å². The number of Topliss-reactive ketones (excluding diaryl/α,β-unsaturated/α-hetero) is 1. The predicted octanol–water partition coefficient (Wildman–Crippen LogP) is 4.36. The van der Waals surface area contributed by atoms with E-state index in [1.165, 1.54) is 0 Å². The molecule has 0 unspecified atom stereocenters. The third-order valence-corrected chi connectivity index (χ3v) is 5.97. The first-order valence-electron chi connectivity index (χ1n) is 8.68. The number of anilines is 1. The molecule has 0 spiro atoms. The lowest BCUT2D eigenvalue weighted by atomic mass is 9.78. The number of carbonyl (C=O) groups is 1. The fourth-order valence-corrected chi connectivity index (χ4v) is 4.66. The van der Waals surface area contributed by atoms with Crippen molar-refractivity contribution in [2.75, 3.05) is 4.90 Å². The Morgan fingerprint density at radius 2 is 2.00 bits per heavy atom. The van der Waals surface area contributed by atoms with Gasteiger partial charge in [-0.05, 0) is 43.3 Å². The molecular weight excluding hydrogens is 342 g/mol. The molecule has 1 aromatic carbocycles. The molecule has 2 aromatic rings. The van der Waals surface area contributed by atoms with Crippen molar-refractivity contribution >= 4 is 22.8 Å². The predicted molar refractivity (Wildman–Crippen MR) is 103 cm³/mol. The number of nitriles is 1. The Hall–Kier alpha value is -2.84. The second-order valence-corrected chi connectivity index (χ2v) is 7.65. The van der Waals surface area contributed by atoms with Crippen LogP contribution >= 0.6 is 11.3 Å². The van der Waals surface area contributed by atoms with Crippen LogP contribution in [-0.2, 0) is 4.79 Å². The molecule has 0 fully saturated rings. The van der Waals surface area contributed by atoms with Gasteiger partial charge in [0, 0.05) is 28.3 Å². The van der Waals surface area contributed by atoms with E-state index in [2.05, 4.69) is 6.07 Å². The number of nitrogens with zero attached hydrogens (tertiary/aromatic N) is 2. The zero-order chi connectivity index (χ0) is 18.3. The smallest absolute Gasteiger partial charge is 0.161 e. The molecule has 5 heteroatoms. The van der Waals surface area contributed by atoms with Gasteiger partial charge in [-0.3, -0.25) is 9.69 Å². The summed E-state index contributed by atoms with van der Waals surface area (Å²) in [5.41, 5.74) is 10.7. The maximum absolute atomic E-state index is 12.9. The number of hydrogen-bond acceptors (Lipinski definition) is 5. The molecule has 4 rings (SSSR count). The highest BCUT2D eigenvalue weighted by Crippen LogP contribution is 2.47. The zero-order valence-corrected chi connectivity index (χ0v) is 15.3. The number of benzene rings is 1. The van der Waals surface area contributed by atoms with Gasteiger partial charge in [-0.25, -0.2) is 0 Å². The van der Waals surface area contributed by atoms with Crippen molar-refractivity contribution in [3.63, 3.8) is 0 Å². The number of hydrogen-bond donors (Lipinski definition) is 1. The van der Waals surface area contributed by atoms with Crippen molar-refractivity contribution < 1.29 is 4.79 Å². The SMILES string of the molecule is Cc1ccc(N2C(N)=C(C#N)[C@@H](c3cccs3)C3=C2CCCC3=O)cc1. The van der Waals surface area contributed by atoms with Crippen LogP contribution in [0.5, 0.6) is 0 Å². The van der Waals surface area contributed by atoms with Gasteiger partial charge in [0.25, 0.3) is 0 Å². The van der Waals surface area contributed by atoms with Crippen molar-refractivity contribution in [1.29, 1.82) is 5.26 Å². The van der Waals surface area contributed by atoms with Gasteiger partial charge in [-0.2, -0.15) is 5.26 Å². The molecule has 0 amide bonds. The summed E-state index contributed by atoms with van der Waals surface area (Å²) in [7, 11) is 0. The Labute approximate surface area is 156 Å². The maximum Gasteiger partial charge on any atom is 0.161 e. The lowest BCUT2D eigenvalue weighted by molar-refractivity contribution is -0.116. The number of carbonyl (C=O) groups excluding carboxylic acids is 1. The number of rotatable bonds is 2. The van der Waals surface area contributed by atoms with Crippen molar-refractivity contribution in [2.24, 2.45) is 5.73 Å². The number of nitrogens with two attached hydrogens (primary N) is 1. The monoisotopic (exact) mass is 361 g/mol. The number of ketones is 1. The minimum Gasteiger partial charge on any atom is -0.384 e. The minimum absolute atomic E-state index is 0.127. The van der Waals surface area contributed by atoms with Crippen LogP contribution in [0.25, 0.3) is 0 Å². The fraction of sp³-hybridized carbons (Fsp3) is 0.238. The van der Waals surface area contributed by atoms with Crippen LogP contribution < -0.4 is 10.6 Å². The molecule has 2 N–H and O–H groups in total. The van der Waals surface area contributed by atoms with Gasteiger partial charge in [0.2, 0.25) is 0 Å². The molecule has 1 atom stereocenters. The first-order chi connectivity index (χ1) is 12.6. The lowest BCUT2D eigenvalue weighted by Crippen LogP contribution is -2.38. The van der Waals surface area contributed by atoms with Crippen LogP contribution in [0.4, 0.5) is 5.69 Å². The molecule has 0 bridgehead atoms. The summed E-state index contributed by atoms with van der Waals surface area (Å²) in [6.07, 6.45) is 2.13. The van der Waals surface area contributed by atoms with Crippen LogP contribution in [0.1, 0.15) is 35.6 Å². The third kappa shape index (κ3) is 2.54. The Kier molecular flexibility index (Phi) is 4.14. The molecule has 26 heavy (non-hydrogen) atoms. The van der Waals surface area contributed by atoms with Crippen LogP contribution in [0.3, 0.4) is 0 Å². The molecule has 0 saturated carbocycles. The Balaban J connectivity index is 1.96. The van der Waals surface area contributed by atoms with Gasteiger partial charge in [0.15, 0.2) is 5.78 Å². The highest BCUT2D eigenvalue weighted by molar-refractivity contribution is 7.10. The topological polar surface area (TPSA) is 70.1 Å². The lowest BCUT2D eigenvalue weighted by Gasteiger charge is -2.39. The quantitative estimate of drug-likeness (QED) is 0.863. The van der Waals surface area contributed by atoms with Crippen LogP contribution in [-0.4, -0.2) is 5.78 Å². The molecule has 2 heterocycles. The number of aryl methyl sites for hydroxylation is 1. The Morgan fingerprint density at radius 3 is 2.65 bits per heavy atom. The molecule has 1 aromatic heterocycles. The maximum atomic E-state index is 12.9. The van der Waals surface area contributed by atoms with Gasteiger partial charge in [0.1, 0.15) is 5.82 Å². The van der Waals surface area contributed by atoms with E-state index in [4.69, 9.17) is 5.73 Å². The minimum atomic E-state index is -0.343. The normalized spacial score (nSPS) is 20.2. The van der Waals surface area contributed by atoms with E-state index in [1.807, 2.05) is 53.6 Å². The highest BCUT2D eigenvalue weighted by atomic mass is 32.1. The summed E-state index contributed by atoms with van der Waals surface area (Å²) < 4.78 is 0. The highest BCUT2D eigenvalue weighted by Gasteiger charge is 2.40. The molecule has 1 aliphatic heterocycles. The summed E-state index contributed by atoms with van der Waals surface area (Å²) >= 11 is 1.56. The first kappa shape index (κ1) is 16.6. The van der Waals surface area contributed by atoms with E-state index in [0.29, 0.717) is 17.8 Å². The molecular formula is C21H19N3OS. The number of allylic oxidation sites excluding steroid dienone is 3. The largest absolute Gasteiger partial charge is 0.384 e. The van der Waals surface area contributed by atoms with Gasteiger partial charge in [-0.1, -0.05) is 23.8 Å². The first-order valence-corrected chi connectivity index (χ1v) is 9.56. The number of thiophene rings is 1. The second-order valence-electron chi connectivity index (χ2n) is 6.67. The van der Waals surface area contributed by atoms with Crippen LogP contribution in [0.15, 0.2) is 64.4 Å². The van der Waals surface area contributed by atoms with Crippen molar-refractivity contribution in [2.45, 2.75) is 32.1 Å². The summed E-state index contributed by atoms with van der Waals surface area (Å²) in [5.74, 6) is 0.217. The summed E-state index contributed by atoms with van der Waals surface area (Å²) in [6.45, 7) is 2.03. The molecule has 4 nitrogen and oxygen atoms in total. The zero-order valence-electron chi connectivity index (χ0n) is 14.5. The van der Waals surface area contributed by atoms with E-state index in [0.717, 1.165) is 40.2 Å². The fourth-order valence-electron chi connectivity index (χ4n) is 3.82. The van der Waals surface area contributed by atoms with Crippen LogP contribution in [0.2, 0.25) is 0 Å². The second kappa shape index (κ2) is 6.47. The molecule has 0 radical (unpaired) electrons. The van der Waals surface area contributed by atoms with Crippen molar-refractivity contribution in [3.05, 3.63) is 74.9 Å². The average Bonchev–Trinajstić information content (AvgIpc) is 3.16. The Bertz CT molecular complexity index is 962. The summed E-state index contributed by atoms with van der Waals surface area (Å²) in [5, 5.41) is 11.8. The van der Waals surface area contributed by atoms with Crippen molar-refractivity contribution in [1.82, 2.24) is 0 Å². The molecule has 130 valence electrons. The van der Waals surface area contributed by atoms with Gasteiger partial charge in [0.05, 0.1) is 17.6 Å². The summed E-state index contributed by atoms with van der Waals surface area (Å²) in [6, 6.07) is 14.2. The van der Waals surface area contributed by atoms with E-state index >= 15 is 0 Å². The van der Waals surface area contributed by atoms with Crippen molar-refractivity contribution in [3.8, 4) is 6.07 Å². The van der Waals surface area contributed by atoms with E-state index < -0.39 is 0 Å². The standard InChI is InChI=1S/C21H19N3OS/c1-13-7-9-14(10-8-13)24-16-4-2-5-17(25)20(16)19(15(12-22)21(24)23)18-6-3-11-26-18/h3,6-11,19H,2,4-5,23H2,1H3/t19-/m0/s1. The molecule has 0 saturated heterocycles. The average molecular weight is 361 g/mol. The van der Waals surface area contributed by atoms with E-state index in [9.17, 15) is 10.1 Å². The summed E-state index contributed by atoms with van der Waals surface area (Å²) in [4.78, 5) is 15.8. The third-order valence-electron chi connectivity index (χ3n) is 5.03. The van der Waals surface area contributed by atoms with Gasteiger partial charge >= 0.3 is 0 Å². The van der Waals surface area contributed by atoms with E-state index in [1.54, 1.807) is 11.3 Å². The van der Waals surface area contributed by atoms with E-state index in [-0.39, 0.29) is 11.7 Å². The molecule has 2 aliphatic rings. The molecule has 1 aliphatic carbocycles. The van der Waals surface area contributed by atoms with Gasteiger partial charge in [-0.15, -0.1) is 11.3 Å². The van der Waals surface area contributed by atoms with Gasteiger partial charge < -0.3 is 5.73 Å².